The largest absolute Gasteiger partial charge is 0.495 e. The number of nitrogens with zero attached hydrogens (tertiary/aromatic N) is 3. The summed E-state index contributed by atoms with van der Waals surface area (Å²) in [6.45, 7) is 1.72. The number of amides is 1. The maximum absolute atomic E-state index is 13.4. The molecule has 0 aliphatic heterocycles. The van der Waals surface area contributed by atoms with E-state index in [2.05, 4.69) is 10.3 Å². The number of thioether (sulfide) groups is 1. The zero-order valence-electron chi connectivity index (χ0n) is 18.3. The number of carbonyl (C=O) groups excluding carboxylic acids is 1. The molecular formula is C23H22N4O4S2. The molecule has 0 unspecified atom stereocenters. The van der Waals surface area contributed by atoms with Gasteiger partial charge in [0.2, 0.25) is 5.91 Å². The van der Waals surface area contributed by atoms with E-state index in [0.717, 1.165) is 16.6 Å². The van der Waals surface area contributed by atoms with Gasteiger partial charge in [-0.15, -0.1) is 11.3 Å². The van der Waals surface area contributed by atoms with Crippen LogP contribution < -0.4 is 21.3 Å². The minimum atomic E-state index is -0.620. The number of benzene rings is 2. The average Bonchev–Trinajstić information content (AvgIpc) is 3.27. The van der Waals surface area contributed by atoms with Gasteiger partial charge in [-0.05, 0) is 42.5 Å². The van der Waals surface area contributed by atoms with Crippen LogP contribution >= 0.6 is 23.1 Å². The van der Waals surface area contributed by atoms with E-state index < -0.39 is 17.2 Å². The summed E-state index contributed by atoms with van der Waals surface area (Å²) in [5.41, 5.74) is 1.16. The molecule has 2 aromatic carbocycles. The molecule has 8 nitrogen and oxygen atoms in total. The van der Waals surface area contributed by atoms with Crippen LogP contribution in [0.25, 0.3) is 16.0 Å². The molecule has 0 spiro atoms. The third-order valence-electron chi connectivity index (χ3n) is 5.13. The molecule has 0 bridgehead atoms. The quantitative estimate of drug-likeness (QED) is 0.405. The molecule has 1 amide bonds. The smallest absolute Gasteiger partial charge is 0.337 e. The molecule has 2 heterocycles. The van der Waals surface area contributed by atoms with Gasteiger partial charge in [-0.3, -0.25) is 14.2 Å². The lowest BCUT2D eigenvalue weighted by Crippen LogP contribution is -2.40. The van der Waals surface area contributed by atoms with Crippen LogP contribution in [0, 0.1) is 0 Å². The number of anilines is 1. The normalized spacial score (nSPS) is 11.0. The minimum Gasteiger partial charge on any atom is -0.495 e. The summed E-state index contributed by atoms with van der Waals surface area (Å²) in [5, 5.41) is 2.77. The van der Waals surface area contributed by atoms with Gasteiger partial charge in [0.1, 0.15) is 17.0 Å². The number of aryl methyl sites for hydroxylation is 1. The van der Waals surface area contributed by atoms with E-state index in [-0.39, 0.29) is 12.2 Å². The Morgan fingerprint density at radius 2 is 1.88 bits per heavy atom. The van der Waals surface area contributed by atoms with Gasteiger partial charge in [-0.2, -0.15) is 0 Å². The number of aromatic nitrogens is 3. The summed E-state index contributed by atoms with van der Waals surface area (Å²) in [7, 11) is 1.51. The molecule has 0 saturated carbocycles. The number of hydrogen-bond acceptors (Lipinski definition) is 7. The highest BCUT2D eigenvalue weighted by Crippen LogP contribution is 2.26. The van der Waals surface area contributed by atoms with Crippen LogP contribution in [0.2, 0.25) is 0 Å². The Labute approximate surface area is 197 Å². The van der Waals surface area contributed by atoms with Crippen LogP contribution in [0.1, 0.15) is 12.5 Å². The Balaban J connectivity index is 1.82. The fourth-order valence-corrected chi connectivity index (χ4v) is 4.93. The number of methoxy groups -OCH3 is 1. The predicted molar refractivity (Wildman–Crippen MR) is 132 cm³/mol. The summed E-state index contributed by atoms with van der Waals surface area (Å²) >= 11 is 2.59. The minimum absolute atomic E-state index is 0.205. The molecule has 4 aromatic rings. The van der Waals surface area contributed by atoms with E-state index in [4.69, 9.17) is 4.74 Å². The third-order valence-corrected chi connectivity index (χ3v) is 7.14. The second kappa shape index (κ2) is 9.63. The first-order valence-electron chi connectivity index (χ1n) is 10.2. The summed E-state index contributed by atoms with van der Waals surface area (Å²) in [5.74, 6) is 0.0655. The highest BCUT2D eigenvalue weighted by atomic mass is 32.2. The number of nitrogens with one attached hydrogen (secondary N) is 1. The van der Waals surface area contributed by atoms with Gasteiger partial charge in [-0.25, -0.2) is 14.3 Å². The van der Waals surface area contributed by atoms with Gasteiger partial charge in [0.05, 0.1) is 18.5 Å². The molecular weight excluding hydrogens is 460 g/mol. The number of fused-ring (bicyclic) bond motifs is 1. The molecule has 2 aromatic heterocycles. The molecule has 0 aliphatic rings. The van der Waals surface area contributed by atoms with Crippen LogP contribution in [0.15, 0.2) is 62.5 Å². The van der Waals surface area contributed by atoms with Crippen molar-refractivity contribution in [1.29, 1.82) is 0 Å². The lowest BCUT2D eigenvalue weighted by atomic mass is 10.1. The average molecular weight is 483 g/mol. The molecule has 1 N–H and O–H groups in total. The summed E-state index contributed by atoms with van der Waals surface area (Å²) in [4.78, 5) is 44.0. The fourth-order valence-electron chi connectivity index (χ4n) is 3.43. The Morgan fingerprint density at radius 3 is 2.55 bits per heavy atom. The Bertz CT molecular complexity index is 1440. The molecule has 33 heavy (non-hydrogen) atoms. The Hall–Kier alpha value is -3.37. The van der Waals surface area contributed by atoms with Gasteiger partial charge in [0.25, 0.3) is 5.56 Å². The van der Waals surface area contributed by atoms with Gasteiger partial charge in [0, 0.05) is 0 Å². The number of thiazole rings is 1. The summed E-state index contributed by atoms with van der Waals surface area (Å²) in [6.07, 6.45) is 2.68. The molecule has 0 radical (unpaired) electrons. The number of carbonyl (C=O) groups is 1. The van der Waals surface area contributed by atoms with E-state index in [0.29, 0.717) is 26.2 Å². The SMILES string of the molecule is CCc1ccc(-n2c(=O)c3sc(SC)nc3n(CC(=O)Nc3ccccc3OC)c2=O)cc1. The first-order chi connectivity index (χ1) is 16.0. The van der Waals surface area contributed by atoms with Gasteiger partial charge < -0.3 is 10.1 Å². The van der Waals surface area contributed by atoms with Crippen molar-refractivity contribution in [2.45, 2.75) is 24.2 Å². The molecule has 0 aliphatic carbocycles. The van der Waals surface area contributed by atoms with Gasteiger partial charge >= 0.3 is 5.69 Å². The number of hydrogen-bond donors (Lipinski definition) is 1. The lowest BCUT2D eigenvalue weighted by Gasteiger charge is -2.13. The van der Waals surface area contributed by atoms with Crippen molar-refractivity contribution in [2.75, 3.05) is 18.7 Å². The monoisotopic (exact) mass is 482 g/mol. The molecule has 0 saturated heterocycles. The van der Waals surface area contributed by atoms with Crippen molar-refractivity contribution in [1.82, 2.24) is 14.1 Å². The second-order valence-electron chi connectivity index (χ2n) is 7.11. The van der Waals surface area contributed by atoms with E-state index in [1.807, 2.05) is 25.3 Å². The van der Waals surface area contributed by atoms with Crippen LogP contribution in [0.4, 0.5) is 5.69 Å². The van der Waals surface area contributed by atoms with Crippen molar-refractivity contribution in [3.63, 3.8) is 0 Å². The van der Waals surface area contributed by atoms with E-state index >= 15 is 0 Å². The number of para-hydroxylation sites is 2. The maximum Gasteiger partial charge on any atom is 0.337 e. The standard InChI is InChI=1S/C23H22N4O4S2/c1-4-14-9-11-15(12-10-14)27-21(29)19-20(25-22(32-3)33-19)26(23(27)30)13-18(28)24-16-7-5-6-8-17(16)31-2/h5-12H,4,13H2,1-3H3,(H,24,28). The number of rotatable bonds is 7. The summed E-state index contributed by atoms with van der Waals surface area (Å²) in [6, 6.07) is 14.2. The van der Waals surface area contributed by atoms with E-state index in [9.17, 15) is 14.4 Å². The first kappa shape index (κ1) is 22.8. The predicted octanol–water partition coefficient (Wildman–Crippen LogP) is 3.54. The van der Waals surface area contributed by atoms with E-state index in [1.54, 1.807) is 36.4 Å². The van der Waals surface area contributed by atoms with E-state index in [1.165, 1.54) is 34.8 Å². The highest BCUT2D eigenvalue weighted by molar-refractivity contribution is 8.00. The van der Waals surface area contributed by atoms with Crippen molar-refractivity contribution >= 4 is 45.0 Å². The Morgan fingerprint density at radius 1 is 1.15 bits per heavy atom. The van der Waals surface area contributed by atoms with Crippen LogP contribution in [0.3, 0.4) is 0 Å². The second-order valence-corrected chi connectivity index (χ2v) is 9.17. The lowest BCUT2D eigenvalue weighted by molar-refractivity contribution is -0.116. The Kier molecular flexibility index (Phi) is 6.66. The topological polar surface area (TPSA) is 95.2 Å². The highest BCUT2D eigenvalue weighted by Gasteiger charge is 2.21. The zero-order chi connectivity index (χ0) is 23.5. The van der Waals surface area contributed by atoms with Crippen molar-refractivity contribution in [3.8, 4) is 11.4 Å². The van der Waals surface area contributed by atoms with Crippen LogP contribution in [-0.2, 0) is 17.8 Å². The molecule has 0 fully saturated rings. The molecule has 10 heteroatoms. The van der Waals surface area contributed by atoms with Gasteiger partial charge in [-0.1, -0.05) is 43.0 Å². The van der Waals surface area contributed by atoms with Crippen LogP contribution in [0.5, 0.6) is 5.75 Å². The molecule has 170 valence electrons. The van der Waals surface area contributed by atoms with Crippen LogP contribution in [-0.4, -0.2) is 33.4 Å². The summed E-state index contributed by atoms with van der Waals surface area (Å²) < 4.78 is 8.58. The first-order valence-corrected chi connectivity index (χ1v) is 12.2. The van der Waals surface area contributed by atoms with Crippen molar-refractivity contribution in [2.24, 2.45) is 0 Å². The van der Waals surface area contributed by atoms with Gasteiger partial charge in [0.15, 0.2) is 9.99 Å². The fraction of sp³-hybridized carbons (Fsp3) is 0.217. The third kappa shape index (κ3) is 4.44. The maximum atomic E-state index is 13.4. The van der Waals surface area contributed by atoms with Crippen molar-refractivity contribution in [3.05, 3.63) is 74.9 Å². The molecule has 0 atom stereocenters. The number of ether oxygens (including phenoxy) is 1. The molecule has 4 rings (SSSR count). The van der Waals surface area contributed by atoms with Crippen molar-refractivity contribution < 1.29 is 9.53 Å². The zero-order valence-corrected chi connectivity index (χ0v) is 20.0.